The van der Waals surface area contributed by atoms with Gasteiger partial charge >= 0.3 is 0 Å². The highest BCUT2D eigenvalue weighted by Gasteiger charge is 2.18. The number of aromatic nitrogens is 2. The van der Waals surface area contributed by atoms with Gasteiger partial charge in [0.15, 0.2) is 0 Å². The first-order chi connectivity index (χ1) is 9.43. The third-order valence-corrected chi connectivity index (χ3v) is 4.80. The molecule has 0 spiro atoms. The number of hydrogen-bond acceptors (Lipinski definition) is 3. The van der Waals surface area contributed by atoms with Crippen LogP contribution in [0.1, 0.15) is 28.4 Å². The predicted octanol–water partition coefficient (Wildman–Crippen LogP) is 3.20. The first kappa shape index (κ1) is 15.5. The molecule has 0 saturated heterocycles. The quantitative estimate of drug-likeness (QED) is 0.652. The van der Waals surface area contributed by atoms with Crippen LogP contribution in [-0.4, -0.2) is 9.78 Å². The van der Waals surface area contributed by atoms with Gasteiger partial charge in [0.25, 0.3) is 0 Å². The molecule has 1 heterocycles. The molecule has 0 saturated carbocycles. The van der Waals surface area contributed by atoms with Crippen LogP contribution in [0.25, 0.3) is 0 Å². The van der Waals surface area contributed by atoms with E-state index in [2.05, 4.69) is 51.6 Å². The Morgan fingerprint density at radius 2 is 2.15 bits per heavy atom. The number of nitrogens with zero attached hydrogens (tertiary/aromatic N) is 2. The summed E-state index contributed by atoms with van der Waals surface area (Å²) < 4.78 is 2.76. The lowest BCUT2D eigenvalue weighted by atomic mass is 9.99. The van der Waals surface area contributed by atoms with Gasteiger partial charge in [-0.25, -0.2) is 0 Å². The Morgan fingerprint density at radius 1 is 1.45 bits per heavy atom. The maximum absolute atomic E-state index is 6.28. The molecule has 1 unspecified atom stereocenters. The van der Waals surface area contributed by atoms with E-state index in [1.54, 1.807) is 4.68 Å². The highest BCUT2D eigenvalue weighted by atomic mass is 79.9. The Labute approximate surface area is 132 Å². The second kappa shape index (κ2) is 6.26. The van der Waals surface area contributed by atoms with Gasteiger partial charge in [-0.2, -0.15) is 5.10 Å². The van der Waals surface area contributed by atoms with Crippen LogP contribution < -0.4 is 11.3 Å². The molecule has 1 aromatic heterocycles. The summed E-state index contributed by atoms with van der Waals surface area (Å²) in [5, 5.41) is 4.99. The van der Waals surface area contributed by atoms with Crippen molar-refractivity contribution in [3.05, 3.63) is 50.2 Å². The molecule has 0 radical (unpaired) electrons. The van der Waals surface area contributed by atoms with E-state index < -0.39 is 0 Å². The Morgan fingerprint density at radius 3 is 2.65 bits per heavy atom. The van der Waals surface area contributed by atoms with Crippen molar-refractivity contribution in [3.63, 3.8) is 0 Å². The Balaban J connectivity index is 2.31. The van der Waals surface area contributed by atoms with Gasteiger partial charge in [-0.15, -0.1) is 0 Å². The summed E-state index contributed by atoms with van der Waals surface area (Å²) >= 11 is 9.83. The third-order valence-electron chi connectivity index (χ3n) is 3.48. The van der Waals surface area contributed by atoms with E-state index in [0.29, 0.717) is 11.6 Å². The molecule has 6 heteroatoms. The van der Waals surface area contributed by atoms with Crippen molar-refractivity contribution in [2.45, 2.75) is 26.3 Å². The lowest BCUT2D eigenvalue weighted by Crippen LogP contribution is -2.29. The molecule has 2 rings (SSSR count). The van der Waals surface area contributed by atoms with E-state index in [4.69, 9.17) is 17.4 Å². The molecule has 0 aliphatic heterocycles. The molecular formula is C14H18BrClN4. The topological polar surface area (TPSA) is 55.9 Å². The van der Waals surface area contributed by atoms with Crippen molar-refractivity contribution in [2.24, 2.45) is 12.9 Å². The highest BCUT2D eigenvalue weighted by Crippen LogP contribution is 2.27. The van der Waals surface area contributed by atoms with Gasteiger partial charge in [0.1, 0.15) is 5.15 Å². The first-order valence-electron chi connectivity index (χ1n) is 6.34. The summed E-state index contributed by atoms with van der Waals surface area (Å²) in [6.07, 6.45) is 0.699. The SMILES string of the molecule is Cc1ccc(C(Cc2c(C)nn(C)c2Cl)NN)cc1Br. The van der Waals surface area contributed by atoms with Crippen molar-refractivity contribution >= 4 is 27.5 Å². The van der Waals surface area contributed by atoms with Gasteiger partial charge in [-0.3, -0.25) is 16.0 Å². The highest BCUT2D eigenvalue weighted by molar-refractivity contribution is 9.10. The molecule has 0 aliphatic carbocycles. The molecule has 108 valence electrons. The van der Waals surface area contributed by atoms with Crippen molar-refractivity contribution in [1.82, 2.24) is 15.2 Å². The van der Waals surface area contributed by atoms with Crippen LogP contribution in [0.15, 0.2) is 22.7 Å². The van der Waals surface area contributed by atoms with Gasteiger partial charge in [-0.05, 0) is 37.5 Å². The van der Waals surface area contributed by atoms with Crippen LogP contribution in [-0.2, 0) is 13.5 Å². The van der Waals surface area contributed by atoms with Crippen molar-refractivity contribution in [3.8, 4) is 0 Å². The van der Waals surface area contributed by atoms with Gasteiger partial charge in [0, 0.05) is 17.1 Å². The lowest BCUT2D eigenvalue weighted by molar-refractivity contribution is 0.550. The molecule has 4 nitrogen and oxygen atoms in total. The Hall–Kier alpha value is -0.880. The monoisotopic (exact) mass is 356 g/mol. The fourth-order valence-electron chi connectivity index (χ4n) is 2.21. The molecule has 0 aliphatic rings. The predicted molar refractivity (Wildman–Crippen MR) is 85.6 cm³/mol. The number of nitrogens with one attached hydrogen (secondary N) is 1. The van der Waals surface area contributed by atoms with Gasteiger partial charge in [0.05, 0.1) is 11.7 Å². The van der Waals surface area contributed by atoms with Crippen LogP contribution >= 0.6 is 27.5 Å². The molecule has 2 aromatic rings. The summed E-state index contributed by atoms with van der Waals surface area (Å²) in [6.45, 7) is 4.01. The summed E-state index contributed by atoms with van der Waals surface area (Å²) in [4.78, 5) is 0. The third kappa shape index (κ3) is 3.06. The summed E-state index contributed by atoms with van der Waals surface area (Å²) in [6, 6.07) is 6.22. The fourth-order valence-corrected chi connectivity index (χ4v) is 2.86. The van der Waals surface area contributed by atoms with Gasteiger partial charge in [-0.1, -0.05) is 39.7 Å². The van der Waals surface area contributed by atoms with E-state index in [1.807, 2.05) is 14.0 Å². The van der Waals surface area contributed by atoms with E-state index >= 15 is 0 Å². The lowest BCUT2D eigenvalue weighted by Gasteiger charge is -2.17. The number of aryl methyl sites for hydroxylation is 3. The molecule has 20 heavy (non-hydrogen) atoms. The second-order valence-corrected chi connectivity index (χ2v) is 6.12. The number of rotatable bonds is 4. The first-order valence-corrected chi connectivity index (χ1v) is 7.51. The van der Waals surface area contributed by atoms with E-state index in [-0.39, 0.29) is 6.04 Å². The van der Waals surface area contributed by atoms with Crippen LogP contribution in [0, 0.1) is 13.8 Å². The summed E-state index contributed by atoms with van der Waals surface area (Å²) in [7, 11) is 1.84. The number of nitrogens with two attached hydrogens (primary N) is 1. The van der Waals surface area contributed by atoms with Gasteiger partial charge < -0.3 is 0 Å². The minimum Gasteiger partial charge on any atom is -0.271 e. The van der Waals surface area contributed by atoms with E-state index in [1.165, 1.54) is 5.56 Å². The standard InChI is InChI=1S/C14H18BrClN4/c1-8-4-5-10(6-12(8)15)13(18-17)7-11-9(2)19-20(3)14(11)16/h4-6,13,18H,7,17H2,1-3H3. The van der Waals surface area contributed by atoms with Crippen LogP contribution in [0.4, 0.5) is 0 Å². The normalized spacial score (nSPS) is 12.7. The minimum atomic E-state index is -0.00713. The summed E-state index contributed by atoms with van der Waals surface area (Å²) in [5.74, 6) is 5.71. The van der Waals surface area contributed by atoms with Crippen molar-refractivity contribution in [1.29, 1.82) is 0 Å². The van der Waals surface area contributed by atoms with Crippen LogP contribution in [0.3, 0.4) is 0 Å². The Kier molecular flexibility index (Phi) is 4.86. The maximum atomic E-state index is 6.28. The molecular weight excluding hydrogens is 340 g/mol. The number of benzene rings is 1. The maximum Gasteiger partial charge on any atom is 0.130 e. The number of hydrogen-bond donors (Lipinski definition) is 2. The minimum absolute atomic E-state index is 0.00713. The van der Waals surface area contributed by atoms with Crippen LogP contribution in [0.2, 0.25) is 5.15 Å². The van der Waals surface area contributed by atoms with Crippen LogP contribution in [0.5, 0.6) is 0 Å². The molecule has 1 atom stereocenters. The van der Waals surface area contributed by atoms with E-state index in [9.17, 15) is 0 Å². The molecule has 0 bridgehead atoms. The molecule has 1 aromatic carbocycles. The van der Waals surface area contributed by atoms with Crippen molar-refractivity contribution < 1.29 is 0 Å². The zero-order valence-corrected chi connectivity index (χ0v) is 14.1. The average molecular weight is 358 g/mol. The zero-order chi connectivity index (χ0) is 14.9. The second-order valence-electron chi connectivity index (χ2n) is 4.91. The smallest absolute Gasteiger partial charge is 0.130 e. The molecule has 0 fully saturated rings. The van der Waals surface area contributed by atoms with Crippen molar-refractivity contribution in [2.75, 3.05) is 0 Å². The van der Waals surface area contributed by atoms with Gasteiger partial charge in [0.2, 0.25) is 0 Å². The number of hydrazine groups is 1. The number of halogens is 2. The summed E-state index contributed by atoms with van der Waals surface area (Å²) in [5.41, 5.74) is 7.13. The molecule has 3 N–H and O–H groups in total. The Bertz CT molecular complexity index is 624. The van der Waals surface area contributed by atoms with E-state index in [0.717, 1.165) is 21.3 Å². The average Bonchev–Trinajstić information content (AvgIpc) is 2.65. The fraction of sp³-hybridized carbons (Fsp3) is 0.357. The molecule has 0 amide bonds. The zero-order valence-electron chi connectivity index (χ0n) is 11.7. The largest absolute Gasteiger partial charge is 0.271 e.